The summed E-state index contributed by atoms with van der Waals surface area (Å²) in [4.78, 5) is 26.9. The summed E-state index contributed by atoms with van der Waals surface area (Å²) in [6.45, 7) is 8.55. The molecule has 0 fully saturated rings. The number of rotatable bonds is 8. The van der Waals surface area contributed by atoms with Gasteiger partial charge in [0.1, 0.15) is 5.82 Å². The van der Waals surface area contributed by atoms with Crippen molar-refractivity contribution in [1.82, 2.24) is 20.1 Å². The Morgan fingerprint density at radius 3 is 2.78 bits per heavy atom. The Hall–Kier alpha value is -3.33. The number of carbonyl (C=O) groups is 1. The van der Waals surface area contributed by atoms with Crippen LogP contribution in [0.1, 0.15) is 36.7 Å². The molecule has 1 amide bonds. The Kier molecular flexibility index (Phi) is 6.45. The maximum absolute atomic E-state index is 12.4. The summed E-state index contributed by atoms with van der Waals surface area (Å²) >= 11 is 1.55. The number of pyridine rings is 1. The van der Waals surface area contributed by atoms with Crippen LogP contribution in [0.4, 0.5) is 10.9 Å². The van der Waals surface area contributed by atoms with Gasteiger partial charge in [0.25, 0.3) is 0 Å². The third-order valence-corrected chi connectivity index (χ3v) is 6.02. The Bertz CT molecular complexity index is 1250. The zero-order chi connectivity index (χ0) is 22.7. The van der Waals surface area contributed by atoms with Gasteiger partial charge in [0.2, 0.25) is 17.6 Å². The zero-order valence-electron chi connectivity index (χ0n) is 18.6. The topological polar surface area (TPSA) is 106 Å². The Balaban J connectivity index is 1.40. The summed E-state index contributed by atoms with van der Waals surface area (Å²) in [5.74, 6) is 2.24. The van der Waals surface area contributed by atoms with Gasteiger partial charge in [0, 0.05) is 41.9 Å². The van der Waals surface area contributed by atoms with E-state index in [9.17, 15) is 4.79 Å². The van der Waals surface area contributed by atoms with Crippen molar-refractivity contribution in [3.05, 3.63) is 46.9 Å². The quantitative estimate of drug-likeness (QED) is 0.389. The van der Waals surface area contributed by atoms with Gasteiger partial charge in [-0.25, -0.2) is 9.97 Å². The van der Waals surface area contributed by atoms with Crippen LogP contribution in [0, 0.1) is 19.8 Å². The molecule has 0 aliphatic rings. The molecular weight excluding hydrogens is 424 g/mol. The van der Waals surface area contributed by atoms with Crippen LogP contribution >= 0.6 is 11.3 Å². The summed E-state index contributed by atoms with van der Waals surface area (Å²) < 4.78 is 5.09. The third-order valence-electron chi connectivity index (χ3n) is 4.93. The minimum Gasteiger partial charge on any atom is -0.369 e. The van der Waals surface area contributed by atoms with E-state index >= 15 is 0 Å². The molecule has 0 saturated heterocycles. The minimum absolute atomic E-state index is 0.0782. The van der Waals surface area contributed by atoms with Gasteiger partial charge in [-0.3, -0.25) is 4.79 Å². The van der Waals surface area contributed by atoms with Crippen LogP contribution < -0.4 is 10.6 Å². The average Bonchev–Trinajstić information content (AvgIpc) is 3.32. The van der Waals surface area contributed by atoms with Crippen LogP contribution in [0.2, 0.25) is 0 Å². The first-order valence-corrected chi connectivity index (χ1v) is 11.4. The van der Waals surface area contributed by atoms with Gasteiger partial charge >= 0.3 is 0 Å². The molecule has 3 aromatic heterocycles. The van der Waals surface area contributed by atoms with Crippen LogP contribution in [0.25, 0.3) is 22.2 Å². The first-order chi connectivity index (χ1) is 15.4. The lowest BCUT2D eigenvalue weighted by atomic mass is 10.1. The van der Waals surface area contributed by atoms with Gasteiger partial charge in [-0.05, 0) is 36.8 Å². The standard InChI is InChI=1S/C23H26N6O2S/c1-13(2)11-19-14(3)26-23(32-19)28-20(30)8-10-25-22-18-12-17(21-27-15(4)31-29-21)6-5-16(18)7-9-24-22/h5-7,9,12-13H,8,10-11H2,1-4H3,(H,24,25)(H,26,28,30). The number of fused-ring (bicyclic) bond motifs is 1. The van der Waals surface area contributed by atoms with E-state index in [1.807, 2.05) is 31.2 Å². The number of thiazole rings is 1. The van der Waals surface area contributed by atoms with Crippen molar-refractivity contribution in [2.45, 2.75) is 40.5 Å². The number of carbonyl (C=O) groups excluding carboxylic acids is 1. The molecule has 32 heavy (non-hydrogen) atoms. The fourth-order valence-electron chi connectivity index (χ4n) is 3.38. The molecule has 9 heteroatoms. The second kappa shape index (κ2) is 9.44. The summed E-state index contributed by atoms with van der Waals surface area (Å²) in [6, 6.07) is 7.87. The van der Waals surface area contributed by atoms with E-state index in [1.165, 1.54) is 4.88 Å². The molecule has 4 rings (SSSR count). The number of nitrogens with one attached hydrogen (secondary N) is 2. The van der Waals surface area contributed by atoms with Crippen molar-refractivity contribution in [3.8, 4) is 11.4 Å². The molecule has 0 saturated carbocycles. The predicted octanol–water partition coefficient (Wildman–Crippen LogP) is 5.00. The summed E-state index contributed by atoms with van der Waals surface area (Å²) in [7, 11) is 0. The van der Waals surface area contributed by atoms with Gasteiger partial charge in [0.15, 0.2) is 5.13 Å². The summed E-state index contributed by atoms with van der Waals surface area (Å²) in [5, 5.41) is 12.8. The van der Waals surface area contributed by atoms with Crippen LogP contribution in [0.3, 0.4) is 0 Å². The van der Waals surface area contributed by atoms with E-state index in [4.69, 9.17) is 4.52 Å². The molecule has 0 unspecified atom stereocenters. The first-order valence-electron chi connectivity index (χ1n) is 10.6. The number of amides is 1. The van der Waals surface area contributed by atoms with Crippen LogP contribution in [-0.2, 0) is 11.2 Å². The molecule has 0 aliphatic carbocycles. The van der Waals surface area contributed by atoms with Crippen molar-refractivity contribution < 1.29 is 9.32 Å². The van der Waals surface area contributed by atoms with Crippen LogP contribution in [0.5, 0.6) is 0 Å². The molecule has 8 nitrogen and oxygen atoms in total. The lowest BCUT2D eigenvalue weighted by molar-refractivity contribution is -0.115. The number of hydrogen-bond acceptors (Lipinski definition) is 8. The Morgan fingerprint density at radius 1 is 1.19 bits per heavy atom. The van der Waals surface area contributed by atoms with Gasteiger partial charge < -0.3 is 15.2 Å². The molecule has 0 aliphatic heterocycles. The largest absolute Gasteiger partial charge is 0.369 e. The highest BCUT2D eigenvalue weighted by molar-refractivity contribution is 7.15. The van der Waals surface area contributed by atoms with Crippen LogP contribution in [0.15, 0.2) is 35.0 Å². The monoisotopic (exact) mass is 450 g/mol. The molecule has 0 spiro atoms. The van der Waals surface area contributed by atoms with E-state index in [2.05, 4.69) is 44.6 Å². The summed E-state index contributed by atoms with van der Waals surface area (Å²) in [6.07, 6.45) is 3.02. The zero-order valence-corrected chi connectivity index (χ0v) is 19.4. The molecule has 0 radical (unpaired) electrons. The maximum atomic E-state index is 12.4. The SMILES string of the molecule is Cc1nc(-c2ccc3ccnc(NCCC(=O)Nc4nc(C)c(CC(C)C)s4)c3c2)no1. The third kappa shape index (κ3) is 5.11. The molecular formula is C23H26N6O2S. The van der Waals surface area contributed by atoms with Gasteiger partial charge in [0.05, 0.1) is 5.69 Å². The van der Waals surface area contributed by atoms with Crippen molar-refractivity contribution in [3.63, 3.8) is 0 Å². The molecule has 166 valence electrons. The highest BCUT2D eigenvalue weighted by Gasteiger charge is 2.13. The van der Waals surface area contributed by atoms with Gasteiger partial charge in [-0.1, -0.05) is 31.1 Å². The lowest BCUT2D eigenvalue weighted by Crippen LogP contribution is -2.16. The summed E-state index contributed by atoms with van der Waals surface area (Å²) in [5.41, 5.74) is 1.84. The van der Waals surface area contributed by atoms with Crippen molar-refractivity contribution in [1.29, 1.82) is 0 Å². The Morgan fingerprint density at radius 2 is 2.03 bits per heavy atom. The number of aromatic nitrogens is 4. The second-order valence-electron chi connectivity index (χ2n) is 8.08. The first kappa shape index (κ1) is 21.9. The highest BCUT2D eigenvalue weighted by Crippen LogP contribution is 2.27. The number of hydrogen-bond donors (Lipinski definition) is 2. The smallest absolute Gasteiger partial charge is 0.227 e. The van der Waals surface area contributed by atoms with Gasteiger partial charge in [-0.15, -0.1) is 11.3 Å². The van der Waals surface area contributed by atoms with E-state index in [0.717, 1.165) is 28.5 Å². The van der Waals surface area contributed by atoms with Crippen LogP contribution in [-0.4, -0.2) is 32.6 Å². The van der Waals surface area contributed by atoms with Crippen molar-refractivity contribution in [2.75, 3.05) is 17.2 Å². The number of nitrogens with zero attached hydrogens (tertiary/aromatic N) is 4. The fraction of sp³-hybridized carbons (Fsp3) is 0.348. The van der Waals surface area contributed by atoms with Gasteiger partial charge in [-0.2, -0.15) is 4.98 Å². The fourth-order valence-corrected chi connectivity index (χ4v) is 4.57. The van der Waals surface area contributed by atoms with E-state index in [0.29, 0.717) is 41.5 Å². The average molecular weight is 451 g/mol. The molecule has 0 atom stereocenters. The molecule has 4 aromatic rings. The van der Waals surface area contributed by atoms with E-state index in [-0.39, 0.29) is 5.91 Å². The van der Waals surface area contributed by atoms with E-state index < -0.39 is 0 Å². The number of aryl methyl sites for hydroxylation is 2. The van der Waals surface area contributed by atoms with Crippen molar-refractivity contribution in [2.24, 2.45) is 5.92 Å². The molecule has 2 N–H and O–H groups in total. The molecule has 0 bridgehead atoms. The number of anilines is 2. The van der Waals surface area contributed by atoms with E-state index in [1.54, 1.807) is 24.5 Å². The molecule has 1 aromatic carbocycles. The van der Waals surface area contributed by atoms with Crippen molar-refractivity contribution >= 4 is 39.0 Å². The maximum Gasteiger partial charge on any atom is 0.227 e. The second-order valence-corrected chi connectivity index (χ2v) is 9.17. The normalized spacial score (nSPS) is 11.3. The highest BCUT2D eigenvalue weighted by atomic mass is 32.1. The Labute approximate surface area is 190 Å². The predicted molar refractivity (Wildman–Crippen MR) is 127 cm³/mol. The number of benzene rings is 1. The molecule has 3 heterocycles. The minimum atomic E-state index is -0.0782. The lowest BCUT2D eigenvalue weighted by Gasteiger charge is -2.09.